The van der Waals surface area contributed by atoms with Crippen LogP contribution in [0.4, 0.5) is 11.6 Å². The van der Waals surface area contributed by atoms with E-state index in [0.717, 1.165) is 104 Å². The molecule has 67 heavy (non-hydrogen) atoms. The molecule has 350 valence electrons. The van der Waals surface area contributed by atoms with Crippen LogP contribution in [0.15, 0.2) is 77.8 Å². The van der Waals surface area contributed by atoms with Crippen molar-refractivity contribution < 1.29 is 28.7 Å². The predicted molar refractivity (Wildman–Crippen MR) is 254 cm³/mol. The number of hydrogen-bond acceptors (Lipinski definition) is 12. The Bertz CT molecular complexity index is 2730. The van der Waals surface area contributed by atoms with Gasteiger partial charge in [-0.2, -0.15) is 0 Å². The molecule has 4 aliphatic heterocycles. The third-order valence-corrected chi connectivity index (χ3v) is 14.7. The minimum atomic E-state index is -0.693. The van der Waals surface area contributed by atoms with Crippen LogP contribution >= 0.6 is 0 Å². The van der Waals surface area contributed by atoms with Crippen molar-refractivity contribution in [2.24, 2.45) is 13.0 Å². The summed E-state index contributed by atoms with van der Waals surface area (Å²) in [5.74, 6) is 0.674. The first-order chi connectivity index (χ1) is 32.5. The number of methoxy groups -OCH3 is 1. The standard InChI is InChI=1S/C51H59N9O7/c1-32(51(67-35-11-12-35)18-5-4-6-19-51)47-37-26-34(38-30-56(2)45(62)27-43(38)66-3)10-13-41(37)53-50(55-47)59-20-16-33(17-21-59)29-57-22-24-58(25-23-57)46(63)28-52-40-9-7-8-36-39(40)31-60(49(36)65)42-14-15-44(61)54-48(42)64/h4-10,13,18,26-27,30,32-33,35,42,52H,11-12,14-17,19-25,28-29,31H2,1-3H3,(H,54,61,64). The van der Waals surface area contributed by atoms with Crippen LogP contribution in [-0.4, -0.2) is 130 Å². The van der Waals surface area contributed by atoms with Crippen LogP contribution in [0.25, 0.3) is 22.0 Å². The Kier molecular flexibility index (Phi) is 12.2. The van der Waals surface area contributed by atoms with E-state index in [-0.39, 0.29) is 54.8 Å². The molecule has 0 bridgehead atoms. The molecule has 3 saturated heterocycles. The first-order valence-electron chi connectivity index (χ1n) is 23.8. The van der Waals surface area contributed by atoms with Gasteiger partial charge in [-0.3, -0.25) is 34.2 Å². The van der Waals surface area contributed by atoms with Crippen LogP contribution < -0.4 is 25.8 Å². The highest BCUT2D eigenvalue weighted by Crippen LogP contribution is 2.45. The van der Waals surface area contributed by atoms with Gasteiger partial charge in [0.1, 0.15) is 11.8 Å². The SMILES string of the molecule is COc1cc(=O)n(C)cc1-c1ccc2nc(N3CCC(CN4CCN(C(=O)CNc5cccc6c5CN(C5CCC(=O)NC5=O)C6=O)CC4)CC3)nc(C(C)C3(OC4CC4)C=CC=CC3)c2c1. The summed E-state index contributed by atoms with van der Waals surface area (Å²) < 4.78 is 14.1. The van der Waals surface area contributed by atoms with E-state index in [0.29, 0.717) is 42.4 Å². The minimum absolute atomic E-state index is 0.00457. The number of nitrogens with zero attached hydrogens (tertiary/aromatic N) is 7. The van der Waals surface area contributed by atoms with Gasteiger partial charge in [0, 0.05) is 112 Å². The second-order valence-electron chi connectivity index (χ2n) is 19.0. The highest BCUT2D eigenvalue weighted by atomic mass is 16.5. The van der Waals surface area contributed by atoms with Gasteiger partial charge in [0.15, 0.2) is 0 Å². The lowest BCUT2D eigenvalue weighted by molar-refractivity contribution is -0.137. The normalized spacial score (nSPS) is 22.9. The Morgan fingerprint density at radius 2 is 1.75 bits per heavy atom. The molecule has 3 atom stereocenters. The van der Waals surface area contributed by atoms with Gasteiger partial charge in [0.2, 0.25) is 23.7 Å². The smallest absolute Gasteiger partial charge is 0.255 e. The highest BCUT2D eigenvalue weighted by Gasteiger charge is 2.43. The van der Waals surface area contributed by atoms with Gasteiger partial charge in [-0.25, -0.2) is 9.97 Å². The van der Waals surface area contributed by atoms with E-state index in [1.807, 2.05) is 23.2 Å². The fourth-order valence-corrected chi connectivity index (χ4v) is 10.5. The van der Waals surface area contributed by atoms with Gasteiger partial charge < -0.3 is 34.1 Å². The zero-order valence-corrected chi connectivity index (χ0v) is 38.5. The number of rotatable bonds is 13. The van der Waals surface area contributed by atoms with E-state index in [1.165, 1.54) is 11.0 Å². The van der Waals surface area contributed by atoms with Crippen LogP contribution in [0.1, 0.15) is 79.4 Å². The number of anilines is 2. The Hall–Kier alpha value is -6.39. The first kappa shape index (κ1) is 44.4. The molecular formula is C51H59N9O7. The summed E-state index contributed by atoms with van der Waals surface area (Å²) >= 11 is 0. The molecule has 6 heterocycles. The van der Waals surface area contributed by atoms with Crippen molar-refractivity contribution in [2.75, 3.05) is 69.7 Å². The van der Waals surface area contributed by atoms with E-state index in [2.05, 4.69) is 63.8 Å². The van der Waals surface area contributed by atoms with Crippen molar-refractivity contribution in [3.63, 3.8) is 0 Å². The van der Waals surface area contributed by atoms with Gasteiger partial charge in [-0.1, -0.05) is 43.4 Å². The molecule has 2 N–H and O–H groups in total. The zero-order valence-electron chi connectivity index (χ0n) is 38.5. The Balaban J connectivity index is 0.776. The Morgan fingerprint density at radius 3 is 2.48 bits per heavy atom. The molecule has 4 fully saturated rings. The van der Waals surface area contributed by atoms with E-state index in [1.54, 1.807) is 30.9 Å². The lowest BCUT2D eigenvalue weighted by Gasteiger charge is -2.39. The number of carbonyl (C=O) groups is 4. The van der Waals surface area contributed by atoms with Gasteiger partial charge in [-0.05, 0) is 74.3 Å². The summed E-state index contributed by atoms with van der Waals surface area (Å²) in [6.07, 6.45) is 16.0. The summed E-state index contributed by atoms with van der Waals surface area (Å²) in [6.45, 7) is 8.13. The maximum Gasteiger partial charge on any atom is 0.255 e. The van der Waals surface area contributed by atoms with E-state index >= 15 is 0 Å². The van der Waals surface area contributed by atoms with Crippen LogP contribution in [0.5, 0.6) is 5.75 Å². The van der Waals surface area contributed by atoms with Crippen molar-refractivity contribution >= 4 is 46.2 Å². The average molecular weight is 910 g/mol. The van der Waals surface area contributed by atoms with Crippen LogP contribution in [0.2, 0.25) is 0 Å². The maximum atomic E-state index is 13.5. The van der Waals surface area contributed by atoms with E-state index in [9.17, 15) is 24.0 Å². The van der Waals surface area contributed by atoms with Gasteiger partial charge in [0.05, 0.1) is 36.6 Å². The van der Waals surface area contributed by atoms with Crippen molar-refractivity contribution in [1.82, 2.24) is 34.6 Å². The lowest BCUT2D eigenvalue weighted by atomic mass is 9.79. The molecule has 6 aliphatic rings. The number of pyridine rings is 1. The summed E-state index contributed by atoms with van der Waals surface area (Å²) in [5, 5.41) is 6.58. The number of carbonyl (C=O) groups excluding carboxylic acids is 4. The zero-order chi connectivity index (χ0) is 46.4. The molecule has 3 unspecified atom stereocenters. The minimum Gasteiger partial charge on any atom is -0.496 e. The quantitative estimate of drug-likeness (QED) is 0.177. The summed E-state index contributed by atoms with van der Waals surface area (Å²) in [7, 11) is 3.33. The molecule has 16 heteroatoms. The number of aryl methyl sites for hydroxylation is 1. The monoisotopic (exact) mass is 909 g/mol. The van der Waals surface area contributed by atoms with Gasteiger partial charge in [0.25, 0.3) is 11.5 Å². The Labute approximate surface area is 390 Å². The maximum absolute atomic E-state index is 13.5. The lowest BCUT2D eigenvalue weighted by Crippen LogP contribution is -2.52. The van der Waals surface area contributed by atoms with Crippen LogP contribution in [0.3, 0.4) is 0 Å². The number of hydrogen-bond donors (Lipinski definition) is 2. The topological polar surface area (TPSA) is 172 Å². The Morgan fingerprint density at radius 1 is 0.940 bits per heavy atom. The number of nitrogens with one attached hydrogen (secondary N) is 2. The molecule has 2 aliphatic carbocycles. The average Bonchev–Trinajstić information content (AvgIpc) is 4.10. The van der Waals surface area contributed by atoms with Crippen molar-refractivity contribution in [2.45, 2.75) is 82.1 Å². The third kappa shape index (κ3) is 8.96. The predicted octanol–water partition coefficient (Wildman–Crippen LogP) is 4.78. The highest BCUT2D eigenvalue weighted by molar-refractivity contribution is 6.06. The van der Waals surface area contributed by atoms with Crippen LogP contribution in [0, 0.1) is 5.92 Å². The first-order valence-corrected chi connectivity index (χ1v) is 23.8. The molecule has 2 aromatic carbocycles. The van der Waals surface area contributed by atoms with Crippen molar-refractivity contribution in [3.8, 4) is 16.9 Å². The number of aromatic nitrogens is 3. The van der Waals surface area contributed by atoms with E-state index in [4.69, 9.17) is 19.4 Å². The number of ether oxygens (including phenoxy) is 2. The summed E-state index contributed by atoms with van der Waals surface area (Å²) in [4.78, 5) is 82.4. The molecule has 4 amide bonds. The molecule has 10 rings (SSSR count). The number of allylic oxidation sites excluding steroid dienone is 2. The second kappa shape index (κ2) is 18.4. The molecule has 4 aromatic rings. The van der Waals surface area contributed by atoms with Gasteiger partial charge in [-0.15, -0.1) is 0 Å². The third-order valence-electron chi connectivity index (χ3n) is 14.7. The van der Waals surface area contributed by atoms with Crippen molar-refractivity contribution in [1.29, 1.82) is 0 Å². The molecular weight excluding hydrogens is 851 g/mol. The summed E-state index contributed by atoms with van der Waals surface area (Å²) in [6, 6.07) is 12.5. The fraction of sp³-hybridized carbons (Fsp3) is 0.471. The van der Waals surface area contributed by atoms with Gasteiger partial charge >= 0.3 is 0 Å². The second-order valence-corrected chi connectivity index (χ2v) is 19.0. The number of benzene rings is 2. The number of amides is 4. The summed E-state index contributed by atoms with van der Waals surface area (Å²) in [5.41, 5.74) is 4.84. The largest absolute Gasteiger partial charge is 0.496 e. The van der Waals surface area contributed by atoms with Crippen LogP contribution in [-0.2, 0) is 32.7 Å². The number of imide groups is 1. The molecule has 0 spiro atoms. The van der Waals surface area contributed by atoms with Crippen molar-refractivity contribution in [3.05, 3.63) is 100 Å². The molecule has 1 saturated carbocycles. The molecule has 2 aromatic heterocycles. The number of piperazine rings is 1. The van der Waals surface area contributed by atoms with E-state index < -0.39 is 17.6 Å². The molecule has 16 nitrogen and oxygen atoms in total. The molecule has 0 radical (unpaired) electrons. The number of fused-ring (bicyclic) bond motifs is 2. The fourth-order valence-electron chi connectivity index (χ4n) is 10.5. The number of piperidine rings is 2.